The van der Waals surface area contributed by atoms with Gasteiger partial charge in [0.05, 0.1) is 28.6 Å². The highest BCUT2D eigenvalue weighted by Gasteiger charge is 2.72. The number of fused-ring (bicyclic) bond motifs is 2. The Morgan fingerprint density at radius 3 is 2.38 bits per heavy atom. The summed E-state index contributed by atoms with van der Waals surface area (Å²) >= 11 is 1.56. The van der Waals surface area contributed by atoms with Crippen molar-refractivity contribution >= 4 is 39.3 Å². The van der Waals surface area contributed by atoms with E-state index >= 15 is 0 Å². The lowest BCUT2D eigenvalue weighted by Crippen LogP contribution is -2.35. The molecule has 5 rings (SSSR count). The molecule has 0 spiro atoms. The number of hydrogen-bond acceptors (Lipinski definition) is 6. The molecular weight excluding hydrogens is 449 g/mol. The molecule has 2 unspecified atom stereocenters. The molecule has 2 amide bonds. The molecule has 0 radical (unpaired) electrons. The summed E-state index contributed by atoms with van der Waals surface area (Å²) in [5.74, 6) is -2.30. The number of alkyl halides is 3. The Morgan fingerprint density at radius 2 is 1.84 bits per heavy atom. The molecule has 4 heterocycles. The summed E-state index contributed by atoms with van der Waals surface area (Å²) in [6.45, 7) is 4.32. The van der Waals surface area contributed by atoms with Gasteiger partial charge in [-0.05, 0) is 17.5 Å². The zero-order valence-corrected chi connectivity index (χ0v) is 17.6. The number of aromatic amines is 1. The third-order valence-corrected chi connectivity index (χ3v) is 6.81. The molecule has 3 aromatic rings. The Hall–Kier alpha value is -3.28. The summed E-state index contributed by atoms with van der Waals surface area (Å²) in [6, 6.07) is 3.88. The quantitative estimate of drug-likeness (QED) is 0.571. The van der Waals surface area contributed by atoms with E-state index in [1.54, 1.807) is 29.9 Å². The number of rotatable bonds is 3. The maximum absolute atomic E-state index is 12.5. The molecule has 1 aliphatic carbocycles. The third kappa shape index (κ3) is 3.64. The molecule has 2 aliphatic rings. The number of hydrogen-bond donors (Lipinski definition) is 2. The van der Waals surface area contributed by atoms with E-state index in [9.17, 15) is 22.8 Å². The molecule has 32 heavy (non-hydrogen) atoms. The Bertz CT molecular complexity index is 1200. The number of likely N-dealkylation sites (tertiary alicyclic amines) is 1. The second kappa shape index (κ2) is 7.40. The van der Waals surface area contributed by atoms with Crippen molar-refractivity contribution in [3.05, 3.63) is 35.6 Å². The Labute approximate surface area is 183 Å². The maximum atomic E-state index is 12.5. The summed E-state index contributed by atoms with van der Waals surface area (Å²) in [5.41, 5.74) is 1.67. The molecule has 3 aromatic heterocycles. The van der Waals surface area contributed by atoms with Crippen molar-refractivity contribution < 1.29 is 32.7 Å². The lowest BCUT2D eigenvalue weighted by Gasteiger charge is -2.19. The number of nitrogens with zero attached hydrogens (tertiary/aromatic N) is 3. The largest absolute Gasteiger partial charge is 0.490 e. The van der Waals surface area contributed by atoms with Gasteiger partial charge in [-0.2, -0.15) is 13.2 Å². The first kappa shape index (κ1) is 21.9. The number of piperidine rings is 1. The minimum Gasteiger partial charge on any atom is -0.475 e. The van der Waals surface area contributed by atoms with Gasteiger partial charge in [0, 0.05) is 29.0 Å². The number of thiophene rings is 1. The zero-order chi connectivity index (χ0) is 23.4. The molecule has 2 fully saturated rings. The molecule has 0 bridgehead atoms. The van der Waals surface area contributed by atoms with Gasteiger partial charge >= 0.3 is 12.1 Å². The van der Waals surface area contributed by atoms with Crippen LogP contribution in [0.4, 0.5) is 13.2 Å². The number of amides is 2. The number of carboxylic acid groups (broad SMARTS) is 1. The van der Waals surface area contributed by atoms with Gasteiger partial charge in [-0.3, -0.25) is 19.5 Å². The summed E-state index contributed by atoms with van der Waals surface area (Å²) in [6.07, 6.45) is 0.165. The lowest BCUT2D eigenvalue weighted by molar-refractivity contribution is -0.192. The molecule has 168 valence electrons. The summed E-state index contributed by atoms with van der Waals surface area (Å²) in [4.78, 5) is 48.2. The number of carbonyl (C=O) groups excluding carboxylic acids is 2. The van der Waals surface area contributed by atoms with Crippen LogP contribution in [0.2, 0.25) is 0 Å². The fourth-order valence-electron chi connectivity index (χ4n) is 3.98. The Kier molecular flexibility index (Phi) is 5.07. The van der Waals surface area contributed by atoms with Crippen LogP contribution in [-0.2, 0) is 20.9 Å². The van der Waals surface area contributed by atoms with Crippen molar-refractivity contribution in [1.82, 2.24) is 19.9 Å². The average molecular weight is 466 g/mol. The van der Waals surface area contributed by atoms with Gasteiger partial charge in [-0.15, -0.1) is 11.3 Å². The molecule has 8 nitrogen and oxygen atoms in total. The van der Waals surface area contributed by atoms with Gasteiger partial charge in [0.2, 0.25) is 11.8 Å². The summed E-state index contributed by atoms with van der Waals surface area (Å²) < 4.78 is 32.7. The van der Waals surface area contributed by atoms with Gasteiger partial charge in [-0.25, -0.2) is 9.78 Å². The highest BCUT2D eigenvalue weighted by atomic mass is 32.1. The average Bonchev–Trinajstić information content (AvgIpc) is 3.18. The van der Waals surface area contributed by atoms with Crippen molar-refractivity contribution in [3.8, 4) is 11.4 Å². The van der Waals surface area contributed by atoms with Gasteiger partial charge in [0.25, 0.3) is 0 Å². The molecule has 1 saturated carbocycles. The van der Waals surface area contributed by atoms with E-state index in [0.29, 0.717) is 6.54 Å². The van der Waals surface area contributed by atoms with E-state index in [-0.39, 0.29) is 29.1 Å². The number of pyridine rings is 1. The zero-order valence-electron chi connectivity index (χ0n) is 16.8. The van der Waals surface area contributed by atoms with E-state index in [2.05, 4.69) is 15.0 Å². The van der Waals surface area contributed by atoms with Crippen molar-refractivity contribution in [2.24, 2.45) is 17.3 Å². The van der Waals surface area contributed by atoms with Crippen LogP contribution in [0.1, 0.15) is 18.7 Å². The Balaban J connectivity index is 0.000000307. The molecule has 1 saturated heterocycles. The van der Waals surface area contributed by atoms with E-state index in [4.69, 9.17) is 9.90 Å². The number of imidazole rings is 1. The summed E-state index contributed by atoms with van der Waals surface area (Å²) in [5, 5.41) is 7.12. The van der Waals surface area contributed by atoms with E-state index < -0.39 is 12.1 Å². The SMILES string of the molecule is CC1(C)C2C(=O)N(Cc3cc4nccc(-c5ncc[nH]5)c4s3)C(=O)C21.O=C(O)C(F)(F)F. The molecule has 1 aliphatic heterocycles. The number of aliphatic carboxylic acids is 1. The first-order chi connectivity index (χ1) is 14.9. The number of nitrogens with one attached hydrogen (secondary N) is 1. The van der Waals surface area contributed by atoms with Gasteiger partial charge in [0.1, 0.15) is 5.82 Å². The molecule has 2 N–H and O–H groups in total. The second-order valence-electron chi connectivity index (χ2n) is 8.07. The van der Waals surface area contributed by atoms with Crippen LogP contribution in [0, 0.1) is 17.3 Å². The molecule has 2 atom stereocenters. The van der Waals surface area contributed by atoms with Crippen molar-refractivity contribution in [1.29, 1.82) is 0 Å². The third-order valence-electron chi connectivity index (χ3n) is 5.66. The Morgan fingerprint density at radius 1 is 1.22 bits per heavy atom. The van der Waals surface area contributed by atoms with Crippen LogP contribution in [-0.4, -0.2) is 48.9 Å². The van der Waals surface area contributed by atoms with Crippen LogP contribution >= 0.6 is 11.3 Å². The number of H-pyrrole nitrogens is 1. The second-order valence-corrected chi connectivity index (χ2v) is 9.20. The maximum Gasteiger partial charge on any atom is 0.490 e. The van der Waals surface area contributed by atoms with Crippen LogP contribution in [0.3, 0.4) is 0 Å². The number of halogens is 3. The van der Waals surface area contributed by atoms with E-state index in [0.717, 1.165) is 26.5 Å². The normalized spacial score (nSPS) is 21.3. The first-order valence-corrected chi connectivity index (χ1v) is 10.3. The van der Waals surface area contributed by atoms with Crippen LogP contribution < -0.4 is 0 Å². The van der Waals surface area contributed by atoms with E-state index in [1.165, 1.54) is 4.90 Å². The molecule has 12 heteroatoms. The van der Waals surface area contributed by atoms with Crippen molar-refractivity contribution in [2.45, 2.75) is 26.6 Å². The predicted molar refractivity (Wildman–Crippen MR) is 107 cm³/mol. The van der Waals surface area contributed by atoms with Crippen molar-refractivity contribution in [2.75, 3.05) is 0 Å². The monoisotopic (exact) mass is 466 g/mol. The number of imide groups is 1. The molecule has 0 aromatic carbocycles. The van der Waals surface area contributed by atoms with Gasteiger partial charge in [-0.1, -0.05) is 13.8 Å². The smallest absolute Gasteiger partial charge is 0.475 e. The topological polar surface area (TPSA) is 116 Å². The van der Waals surface area contributed by atoms with Crippen LogP contribution in [0.5, 0.6) is 0 Å². The minimum absolute atomic E-state index is 0.0309. The minimum atomic E-state index is -5.08. The number of carboxylic acids is 1. The number of aromatic nitrogens is 3. The lowest BCUT2D eigenvalue weighted by atomic mass is 10.1. The van der Waals surface area contributed by atoms with Crippen LogP contribution in [0.15, 0.2) is 30.7 Å². The highest BCUT2D eigenvalue weighted by molar-refractivity contribution is 7.19. The van der Waals surface area contributed by atoms with E-state index in [1.807, 2.05) is 26.0 Å². The fraction of sp³-hybridized carbons (Fsp3) is 0.350. The highest BCUT2D eigenvalue weighted by Crippen LogP contribution is 2.63. The number of carbonyl (C=O) groups is 3. The predicted octanol–water partition coefficient (Wildman–Crippen LogP) is 3.46. The van der Waals surface area contributed by atoms with Gasteiger partial charge in [0.15, 0.2) is 0 Å². The van der Waals surface area contributed by atoms with Gasteiger partial charge < -0.3 is 10.1 Å². The van der Waals surface area contributed by atoms with Crippen LogP contribution in [0.25, 0.3) is 21.6 Å². The summed E-state index contributed by atoms with van der Waals surface area (Å²) in [7, 11) is 0. The first-order valence-electron chi connectivity index (χ1n) is 9.45. The molecular formula is C20H17F3N4O4S. The standard InChI is InChI=1S/C18H16N4O2S.C2HF3O2/c1-18(2)12-13(18)17(24)22(16(12)23)8-9-7-11-14(25-9)10(3-4-19-11)15-20-5-6-21-15;3-2(4,5)1(6)7/h3-7,12-13H,8H2,1-2H3,(H,20,21);(H,6,7). The fourth-order valence-corrected chi connectivity index (χ4v) is 5.10. The van der Waals surface area contributed by atoms with Crippen molar-refractivity contribution in [3.63, 3.8) is 0 Å².